The molecule has 1 N–H and O–H groups in total. The molecule has 0 radical (unpaired) electrons. The van der Waals surface area contributed by atoms with Crippen molar-refractivity contribution in [2.45, 2.75) is 32.4 Å². The van der Waals surface area contributed by atoms with Crippen molar-refractivity contribution in [1.82, 2.24) is 10.3 Å². The summed E-state index contributed by atoms with van der Waals surface area (Å²) in [4.78, 5) is 28.3. The van der Waals surface area contributed by atoms with Crippen LogP contribution in [-0.2, 0) is 11.4 Å². The van der Waals surface area contributed by atoms with Crippen molar-refractivity contribution in [3.63, 3.8) is 0 Å². The maximum Gasteiger partial charge on any atom is 0.220 e. The first kappa shape index (κ1) is 21.2. The highest BCUT2D eigenvalue weighted by atomic mass is 19.1. The highest BCUT2D eigenvalue weighted by Crippen LogP contribution is 2.19. The molecule has 3 aromatic rings. The molecule has 1 unspecified atom stereocenters. The highest BCUT2D eigenvalue weighted by Gasteiger charge is 2.13. The van der Waals surface area contributed by atoms with Crippen molar-refractivity contribution in [2.24, 2.45) is 0 Å². The van der Waals surface area contributed by atoms with Gasteiger partial charge in [0.05, 0.1) is 6.04 Å². The summed E-state index contributed by atoms with van der Waals surface area (Å²) in [6.45, 7) is 2.31. The summed E-state index contributed by atoms with van der Waals surface area (Å²) in [6.07, 6.45) is 3.62. The second kappa shape index (κ2) is 10.3. The monoisotopic (exact) mass is 406 g/mol. The van der Waals surface area contributed by atoms with Crippen molar-refractivity contribution >= 4 is 11.7 Å². The second-order valence-electron chi connectivity index (χ2n) is 6.94. The highest BCUT2D eigenvalue weighted by molar-refractivity contribution is 5.97. The number of rotatable bonds is 9. The lowest BCUT2D eigenvalue weighted by molar-refractivity contribution is -0.121. The van der Waals surface area contributed by atoms with Crippen LogP contribution >= 0.6 is 0 Å². The number of benzene rings is 2. The quantitative estimate of drug-likeness (QED) is 0.526. The summed E-state index contributed by atoms with van der Waals surface area (Å²) < 4.78 is 18.7. The molecule has 0 fully saturated rings. The van der Waals surface area contributed by atoms with Gasteiger partial charge in [0, 0.05) is 36.4 Å². The zero-order valence-corrected chi connectivity index (χ0v) is 16.7. The second-order valence-corrected chi connectivity index (χ2v) is 6.94. The molecular weight excluding hydrogens is 383 g/mol. The van der Waals surface area contributed by atoms with Gasteiger partial charge in [0.15, 0.2) is 5.78 Å². The Labute approximate surface area is 174 Å². The molecule has 0 spiro atoms. The summed E-state index contributed by atoms with van der Waals surface area (Å²) in [5, 5.41) is 2.89. The maximum atomic E-state index is 12.9. The molecule has 6 heteroatoms. The number of pyridine rings is 1. The number of halogens is 1. The minimum atomic E-state index is -0.397. The fourth-order valence-electron chi connectivity index (χ4n) is 2.91. The average molecular weight is 406 g/mol. The van der Waals surface area contributed by atoms with Crippen LogP contribution in [-0.4, -0.2) is 16.7 Å². The summed E-state index contributed by atoms with van der Waals surface area (Å²) in [5.74, 6) is -0.0691. The summed E-state index contributed by atoms with van der Waals surface area (Å²) in [5.41, 5.74) is 2.32. The number of ketones is 1. The van der Waals surface area contributed by atoms with Crippen LogP contribution < -0.4 is 10.1 Å². The number of hydrogen-bond acceptors (Lipinski definition) is 4. The van der Waals surface area contributed by atoms with Gasteiger partial charge < -0.3 is 10.1 Å². The van der Waals surface area contributed by atoms with Gasteiger partial charge in [-0.2, -0.15) is 0 Å². The molecule has 1 amide bonds. The van der Waals surface area contributed by atoms with E-state index in [1.165, 1.54) is 24.3 Å². The molecule has 3 rings (SSSR count). The van der Waals surface area contributed by atoms with Crippen LogP contribution in [0.5, 0.6) is 5.75 Å². The third kappa shape index (κ3) is 6.24. The van der Waals surface area contributed by atoms with E-state index in [1.807, 2.05) is 43.3 Å². The minimum absolute atomic E-state index is 0.0747. The molecule has 0 aliphatic heterocycles. The standard InChI is InChI=1S/C24H23FN2O3/c1-17(27-24(29)13-12-23(28)20-4-8-21(25)9-5-20)19-6-10-22(11-7-19)30-16-18-3-2-14-26-15-18/h2-11,14-15,17H,12-13,16H2,1H3,(H,27,29). The summed E-state index contributed by atoms with van der Waals surface area (Å²) in [7, 11) is 0. The van der Waals surface area contributed by atoms with E-state index in [9.17, 15) is 14.0 Å². The molecule has 0 bridgehead atoms. The fourth-order valence-corrected chi connectivity index (χ4v) is 2.91. The van der Waals surface area contributed by atoms with Crippen molar-refractivity contribution in [1.29, 1.82) is 0 Å². The predicted octanol–water partition coefficient (Wildman–Crippen LogP) is 4.64. The Morgan fingerprint density at radius 1 is 1.03 bits per heavy atom. The third-order valence-corrected chi connectivity index (χ3v) is 4.63. The Kier molecular flexibility index (Phi) is 7.27. The predicted molar refractivity (Wildman–Crippen MR) is 112 cm³/mol. The van der Waals surface area contributed by atoms with E-state index in [2.05, 4.69) is 10.3 Å². The van der Waals surface area contributed by atoms with Crippen LogP contribution in [0.4, 0.5) is 4.39 Å². The minimum Gasteiger partial charge on any atom is -0.489 e. The van der Waals surface area contributed by atoms with Gasteiger partial charge in [0.2, 0.25) is 5.91 Å². The van der Waals surface area contributed by atoms with Crippen LogP contribution in [0, 0.1) is 5.82 Å². The van der Waals surface area contributed by atoms with Crippen LogP contribution in [0.2, 0.25) is 0 Å². The van der Waals surface area contributed by atoms with Crippen molar-refractivity contribution in [3.05, 3.63) is 95.6 Å². The number of Topliss-reactive ketones (excluding diaryl/α,β-unsaturated/α-hetero) is 1. The Morgan fingerprint density at radius 2 is 1.77 bits per heavy atom. The first-order valence-electron chi connectivity index (χ1n) is 9.71. The zero-order chi connectivity index (χ0) is 21.3. The van der Waals surface area contributed by atoms with E-state index in [4.69, 9.17) is 4.74 Å². The number of nitrogens with zero attached hydrogens (tertiary/aromatic N) is 1. The molecule has 2 aromatic carbocycles. The Morgan fingerprint density at radius 3 is 2.43 bits per heavy atom. The van der Waals surface area contributed by atoms with Crippen molar-refractivity contribution in [2.75, 3.05) is 0 Å². The lowest BCUT2D eigenvalue weighted by Gasteiger charge is -2.15. The van der Waals surface area contributed by atoms with Gasteiger partial charge in [0.1, 0.15) is 18.2 Å². The molecule has 1 atom stereocenters. The molecule has 1 aromatic heterocycles. The van der Waals surface area contributed by atoms with Crippen LogP contribution in [0.15, 0.2) is 73.1 Å². The molecule has 154 valence electrons. The van der Waals surface area contributed by atoms with E-state index in [1.54, 1.807) is 12.4 Å². The maximum absolute atomic E-state index is 12.9. The van der Waals surface area contributed by atoms with Gasteiger partial charge in [-0.1, -0.05) is 18.2 Å². The van der Waals surface area contributed by atoms with Gasteiger partial charge in [-0.05, 0) is 55.0 Å². The Balaban J connectivity index is 1.45. The molecule has 0 aliphatic carbocycles. The van der Waals surface area contributed by atoms with E-state index in [-0.39, 0.29) is 30.6 Å². The third-order valence-electron chi connectivity index (χ3n) is 4.63. The van der Waals surface area contributed by atoms with Gasteiger partial charge >= 0.3 is 0 Å². The molecule has 1 heterocycles. The Bertz CT molecular complexity index is 974. The van der Waals surface area contributed by atoms with Gasteiger partial charge in [-0.3, -0.25) is 14.6 Å². The molecular formula is C24H23FN2O3. The molecule has 0 saturated carbocycles. The lowest BCUT2D eigenvalue weighted by atomic mass is 10.1. The van der Waals surface area contributed by atoms with E-state index in [0.29, 0.717) is 12.2 Å². The first-order chi connectivity index (χ1) is 14.5. The number of ether oxygens (including phenoxy) is 1. The number of nitrogens with one attached hydrogen (secondary N) is 1. The molecule has 0 saturated heterocycles. The number of amides is 1. The van der Waals surface area contributed by atoms with Crippen molar-refractivity contribution < 1.29 is 18.7 Å². The van der Waals surface area contributed by atoms with Crippen LogP contribution in [0.3, 0.4) is 0 Å². The smallest absolute Gasteiger partial charge is 0.220 e. The van der Waals surface area contributed by atoms with E-state index >= 15 is 0 Å². The Hall–Kier alpha value is -3.54. The number of aromatic nitrogens is 1. The SMILES string of the molecule is CC(NC(=O)CCC(=O)c1ccc(F)cc1)c1ccc(OCc2cccnc2)cc1. The zero-order valence-electron chi connectivity index (χ0n) is 16.7. The normalized spacial score (nSPS) is 11.5. The first-order valence-corrected chi connectivity index (χ1v) is 9.71. The van der Waals surface area contributed by atoms with Gasteiger partial charge in [-0.15, -0.1) is 0 Å². The number of carbonyl (C=O) groups is 2. The molecule has 5 nitrogen and oxygen atoms in total. The molecule has 0 aliphatic rings. The van der Waals surface area contributed by atoms with Crippen molar-refractivity contribution in [3.8, 4) is 5.75 Å². The molecule has 30 heavy (non-hydrogen) atoms. The number of carbonyl (C=O) groups excluding carboxylic acids is 2. The van der Waals surface area contributed by atoms with Crippen LogP contribution in [0.1, 0.15) is 47.3 Å². The van der Waals surface area contributed by atoms with Gasteiger partial charge in [0.25, 0.3) is 0 Å². The fraction of sp³-hybridized carbons (Fsp3) is 0.208. The summed E-state index contributed by atoms with van der Waals surface area (Å²) >= 11 is 0. The van der Waals surface area contributed by atoms with E-state index in [0.717, 1.165) is 16.9 Å². The van der Waals surface area contributed by atoms with Gasteiger partial charge in [-0.25, -0.2) is 4.39 Å². The summed E-state index contributed by atoms with van der Waals surface area (Å²) in [6, 6.07) is 16.4. The number of hydrogen-bond donors (Lipinski definition) is 1. The average Bonchev–Trinajstić information content (AvgIpc) is 2.77. The van der Waals surface area contributed by atoms with E-state index < -0.39 is 5.82 Å². The van der Waals surface area contributed by atoms with Crippen LogP contribution in [0.25, 0.3) is 0 Å². The largest absolute Gasteiger partial charge is 0.489 e. The topological polar surface area (TPSA) is 68.3 Å². The lowest BCUT2D eigenvalue weighted by Crippen LogP contribution is -2.26.